The molecular formula is C15H32ClNO3. The minimum atomic E-state index is 0.0112. The van der Waals surface area contributed by atoms with Crippen molar-refractivity contribution < 1.29 is 14.2 Å². The Morgan fingerprint density at radius 2 is 1.45 bits per heavy atom. The predicted molar refractivity (Wildman–Crippen MR) is 84.8 cm³/mol. The summed E-state index contributed by atoms with van der Waals surface area (Å²) in [5, 5.41) is 3.41. The number of ether oxygens (including phenoxy) is 3. The quantitative estimate of drug-likeness (QED) is 0.373. The molecule has 0 spiro atoms. The molecule has 0 aliphatic carbocycles. The molecule has 0 saturated carbocycles. The normalized spacial score (nSPS) is 14.4. The minimum Gasteiger partial charge on any atom is -0.379 e. The van der Waals surface area contributed by atoms with Crippen LogP contribution in [0.4, 0.5) is 0 Å². The molecule has 20 heavy (non-hydrogen) atoms. The van der Waals surface area contributed by atoms with Crippen LogP contribution >= 0.6 is 11.6 Å². The van der Waals surface area contributed by atoms with Crippen LogP contribution < -0.4 is 5.32 Å². The van der Waals surface area contributed by atoms with E-state index in [1.807, 2.05) is 0 Å². The fraction of sp³-hybridized carbons (Fsp3) is 1.00. The molecule has 0 rings (SSSR count). The van der Waals surface area contributed by atoms with Gasteiger partial charge in [-0.1, -0.05) is 20.3 Å². The molecule has 122 valence electrons. The minimum absolute atomic E-state index is 0.0112. The first-order chi connectivity index (χ1) is 9.68. The summed E-state index contributed by atoms with van der Waals surface area (Å²) in [5.41, 5.74) is 0.0112. The molecule has 0 fully saturated rings. The maximum atomic E-state index is 5.92. The lowest BCUT2D eigenvalue weighted by Gasteiger charge is -2.27. The van der Waals surface area contributed by atoms with E-state index in [9.17, 15) is 0 Å². The molecule has 0 aliphatic heterocycles. The topological polar surface area (TPSA) is 39.7 Å². The molecule has 1 atom stereocenters. The lowest BCUT2D eigenvalue weighted by atomic mass is 10.0. The Morgan fingerprint density at radius 1 is 0.900 bits per heavy atom. The smallest absolute Gasteiger partial charge is 0.0701 e. The zero-order chi connectivity index (χ0) is 15.1. The Labute approximate surface area is 129 Å². The molecule has 0 aromatic rings. The lowest BCUT2D eigenvalue weighted by Crippen LogP contribution is -2.45. The molecule has 0 aliphatic rings. The van der Waals surface area contributed by atoms with Gasteiger partial charge in [-0.2, -0.15) is 0 Å². The van der Waals surface area contributed by atoms with Gasteiger partial charge in [-0.3, -0.25) is 0 Å². The van der Waals surface area contributed by atoms with Gasteiger partial charge in [0.05, 0.1) is 33.0 Å². The molecule has 0 heterocycles. The van der Waals surface area contributed by atoms with E-state index < -0.39 is 0 Å². The van der Waals surface area contributed by atoms with Crippen LogP contribution in [0.25, 0.3) is 0 Å². The molecule has 0 aromatic heterocycles. The highest BCUT2D eigenvalue weighted by molar-refractivity contribution is 6.18. The largest absolute Gasteiger partial charge is 0.379 e. The van der Waals surface area contributed by atoms with Crippen LogP contribution in [0, 0.1) is 0 Å². The SMILES string of the molecule is CCCCOCCOCCOCCNC(C)(CC)CCl. The average molecular weight is 310 g/mol. The Morgan fingerprint density at radius 3 is 1.95 bits per heavy atom. The maximum Gasteiger partial charge on any atom is 0.0701 e. The van der Waals surface area contributed by atoms with Crippen LogP contribution in [0.5, 0.6) is 0 Å². The first kappa shape index (κ1) is 20.1. The summed E-state index contributed by atoms with van der Waals surface area (Å²) in [6.45, 7) is 11.3. The monoisotopic (exact) mass is 309 g/mol. The predicted octanol–water partition coefficient (Wildman–Crippen LogP) is 2.83. The first-order valence-corrected chi connectivity index (χ1v) is 8.26. The zero-order valence-corrected chi connectivity index (χ0v) is 14.1. The van der Waals surface area contributed by atoms with Crippen molar-refractivity contribution in [3.8, 4) is 0 Å². The van der Waals surface area contributed by atoms with Gasteiger partial charge < -0.3 is 19.5 Å². The molecule has 0 bridgehead atoms. The van der Waals surface area contributed by atoms with Crippen LogP contribution in [0.15, 0.2) is 0 Å². The van der Waals surface area contributed by atoms with Crippen molar-refractivity contribution in [3.63, 3.8) is 0 Å². The molecule has 0 saturated heterocycles. The molecule has 0 amide bonds. The number of alkyl halides is 1. The molecular weight excluding hydrogens is 278 g/mol. The number of halogens is 1. The molecule has 0 aromatic carbocycles. The lowest BCUT2D eigenvalue weighted by molar-refractivity contribution is 0.0140. The van der Waals surface area contributed by atoms with Gasteiger partial charge in [0.25, 0.3) is 0 Å². The fourth-order valence-corrected chi connectivity index (χ4v) is 1.76. The van der Waals surface area contributed by atoms with Gasteiger partial charge in [0.15, 0.2) is 0 Å². The number of unbranched alkanes of at least 4 members (excludes halogenated alkanes) is 1. The third-order valence-electron chi connectivity index (χ3n) is 3.26. The summed E-state index contributed by atoms with van der Waals surface area (Å²) in [7, 11) is 0. The summed E-state index contributed by atoms with van der Waals surface area (Å²) in [6, 6.07) is 0. The third-order valence-corrected chi connectivity index (χ3v) is 3.85. The Kier molecular flexibility index (Phi) is 14.2. The highest BCUT2D eigenvalue weighted by Crippen LogP contribution is 2.10. The number of hydrogen-bond donors (Lipinski definition) is 1. The van der Waals surface area contributed by atoms with Gasteiger partial charge in [-0.25, -0.2) is 0 Å². The summed E-state index contributed by atoms with van der Waals surface area (Å²) in [6.07, 6.45) is 3.30. The summed E-state index contributed by atoms with van der Waals surface area (Å²) in [4.78, 5) is 0. The van der Waals surface area contributed by atoms with Gasteiger partial charge in [0.1, 0.15) is 0 Å². The number of hydrogen-bond acceptors (Lipinski definition) is 4. The standard InChI is InChI=1S/C15H32ClNO3/c1-4-6-8-18-10-12-20-13-11-19-9-7-17-15(3,5-2)14-16/h17H,4-14H2,1-3H3. The van der Waals surface area contributed by atoms with Crippen molar-refractivity contribution in [2.75, 3.05) is 52.1 Å². The molecule has 0 radical (unpaired) electrons. The highest BCUT2D eigenvalue weighted by atomic mass is 35.5. The molecule has 5 heteroatoms. The van der Waals surface area contributed by atoms with Crippen molar-refractivity contribution in [3.05, 3.63) is 0 Å². The van der Waals surface area contributed by atoms with Crippen LogP contribution in [0.1, 0.15) is 40.0 Å². The van der Waals surface area contributed by atoms with E-state index in [1.165, 1.54) is 6.42 Å². The van der Waals surface area contributed by atoms with Gasteiger partial charge in [-0.15, -0.1) is 11.6 Å². The van der Waals surface area contributed by atoms with E-state index in [2.05, 4.69) is 26.1 Å². The van der Waals surface area contributed by atoms with E-state index in [-0.39, 0.29) is 5.54 Å². The van der Waals surface area contributed by atoms with Crippen molar-refractivity contribution in [1.82, 2.24) is 5.32 Å². The molecule has 1 N–H and O–H groups in total. The Balaban J connectivity index is 3.17. The Bertz CT molecular complexity index is 202. The van der Waals surface area contributed by atoms with Crippen molar-refractivity contribution in [1.29, 1.82) is 0 Å². The summed E-state index contributed by atoms with van der Waals surface area (Å²) in [5.74, 6) is 0.616. The van der Waals surface area contributed by atoms with Gasteiger partial charge in [0, 0.05) is 24.6 Å². The van der Waals surface area contributed by atoms with Gasteiger partial charge >= 0.3 is 0 Å². The van der Waals surface area contributed by atoms with Gasteiger partial charge in [-0.05, 0) is 19.8 Å². The van der Waals surface area contributed by atoms with E-state index in [4.69, 9.17) is 25.8 Å². The van der Waals surface area contributed by atoms with Gasteiger partial charge in [0.2, 0.25) is 0 Å². The van der Waals surface area contributed by atoms with E-state index >= 15 is 0 Å². The third kappa shape index (κ3) is 11.9. The summed E-state index contributed by atoms with van der Waals surface area (Å²) >= 11 is 5.92. The first-order valence-electron chi connectivity index (χ1n) is 7.72. The molecule has 4 nitrogen and oxygen atoms in total. The Hall–Kier alpha value is 0.130. The van der Waals surface area contributed by atoms with Crippen LogP contribution in [-0.4, -0.2) is 57.6 Å². The maximum absolute atomic E-state index is 5.92. The van der Waals surface area contributed by atoms with Crippen LogP contribution in [0.3, 0.4) is 0 Å². The average Bonchev–Trinajstić information content (AvgIpc) is 2.48. The van der Waals surface area contributed by atoms with E-state index in [0.717, 1.165) is 26.0 Å². The number of nitrogens with one attached hydrogen (secondary N) is 1. The van der Waals surface area contributed by atoms with Crippen molar-refractivity contribution in [2.45, 2.75) is 45.6 Å². The second-order valence-corrected chi connectivity index (χ2v) is 5.43. The van der Waals surface area contributed by atoms with E-state index in [0.29, 0.717) is 38.9 Å². The fourth-order valence-electron chi connectivity index (χ4n) is 1.48. The summed E-state index contributed by atoms with van der Waals surface area (Å²) < 4.78 is 16.3. The number of rotatable bonds is 15. The van der Waals surface area contributed by atoms with Crippen molar-refractivity contribution >= 4 is 11.6 Å². The van der Waals surface area contributed by atoms with Crippen LogP contribution in [-0.2, 0) is 14.2 Å². The second-order valence-electron chi connectivity index (χ2n) is 5.17. The van der Waals surface area contributed by atoms with Crippen molar-refractivity contribution in [2.24, 2.45) is 0 Å². The van der Waals surface area contributed by atoms with Crippen LogP contribution in [0.2, 0.25) is 0 Å². The second kappa shape index (κ2) is 14.1. The zero-order valence-electron chi connectivity index (χ0n) is 13.4. The molecule has 1 unspecified atom stereocenters. The van der Waals surface area contributed by atoms with E-state index in [1.54, 1.807) is 0 Å². The highest BCUT2D eigenvalue weighted by Gasteiger charge is 2.18.